The van der Waals surface area contributed by atoms with Crippen molar-refractivity contribution in [3.8, 4) is 12.8 Å². The summed E-state index contributed by atoms with van der Waals surface area (Å²) in [5, 5.41) is 3.21. The first-order valence-electron chi connectivity index (χ1n) is 3.19. The normalized spacial score (nSPS) is 25.9. The smallest absolute Gasteiger partial charge is 0.0165 e. The van der Waals surface area contributed by atoms with Gasteiger partial charge in [0, 0.05) is 12.6 Å². The summed E-state index contributed by atoms with van der Waals surface area (Å²) < 4.78 is 0. The summed E-state index contributed by atoms with van der Waals surface area (Å²) in [5.74, 6) is 0. The van der Waals surface area contributed by atoms with Gasteiger partial charge in [-0.3, -0.25) is 0 Å². The number of hydrogen-bond acceptors (Lipinski definition) is 2. The summed E-state index contributed by atoms with van der Waals surface area (Å²) in [5.41, 5.74) is 5.57. The van der Waals surface area contributed by atoms with Crippen molar-refractivity contribution in [2.24, 2.45) is 5.73 Å². The van der Waals surface area contributed by atoms with E-state index >= 15 is 0 Å². The predicted molar refractivity (Wildman–Crippen MR) is 40.0 cm³/mol. The van der Waals surface area contributed by atoms with E-state index in [1.807, 2.05) is 0 Å². The fourth-order valence-electron chi connectivity index (χ4n) is 0.879. The largest absolute Gasteiger partial charge is 0.327 e. The highest BCUT2D eigenvalue weighted by Gasteiger charge is 2.05. The highest BCUT2D eigenvalue weighted by molar-refractivity contribution is 4.69. The number of terminal acetylenes is 1. The first kappa shape index (κ1) is 8.48. The van der Waals surface area contributed by atoms with Crippen LogP contribution in [0.25, 0.3) is 0 Å². The van der Waals surface area contributed by atoms with Crippen LogP contribution in [0.3, 0.4) is 0 Å². The predicted octanol–water partition coefficient (Wildman–Crippen LogP) is -0.0535. The van der Waals surface area contributed by atoms with Crippen LogP contribution in [0.15, 0.2) is 0 Å². The third-order valence-electron chi connectivity index (χ3n) is 1.33. The summed E-state index contributed by atoms with van der Waals surface area (Å²) in [4.78, 5) is 0. The number of nitrogens with two attached hydrogens (primary N) is 1. The summed E-state index contributed by atoms with van der Waals surface area (Å²) in [6, 6.07) is 0.425. The van der Waals surface area contributed by atoms with Crippen molar-refractivity contribution in [3.05, 3.63) is 0 Å². The van der Waals surface area contributed by atoms with Crippen LogP contribution in [0.2, 0.25) is 0 Å². The Kier molecular flexibility index (Phi) is 5.29. The fraction of sp³-hybridized carbons (Fsp3) is 0.714. The molecule has 0 unspecified atom stereocenters. The summed E-state index contributed by atoms with van der Waals surface area (Å²) in [6.07, 6.45) is 10.5. The molecule has 1 fully saturated rings. The molecule has 0 amide bonds. The molecule has 2 heteroatoms. The standard InChI is InChI=1S/C5H12N2.C2H2/c6-5-2-1-3-7-4-5;1-2/h5,7H,1-4,6H2;1-2H/t5-;/m1./s1. The summed E-state index contributed by atoms with van der Waals surface area (Å²) in [6.45, 7) is 2.17. The second-order valence-electron chi connectivity index (χ2n) is 2.11. The molecule has 1 atom stereocenters. The van der Waals surface area contributed by atoms with E-state index in [-0.39, 0.29) is 0 Å². The number of nitrogens with one attached hydrogen (secondary N) is 1. The van der Waals surface area contributed by atoms with Gasteiger partial charge in [0.1, 0.15) is 0 Å². The molecule has 0 spiro atoms. The number of hydrogen-bond donors (Lipinski definition) is 2. The van der Waals surface area contributed by atoms with Crippen LogP contribution in [-0.2, 0) is 0 Å². The highest BCUT2D eigenvalue weighted by Crippen LogP contribution is 1.96. The van der Waals surface area contributed by atoms with Crippen molar-refractivity contribution >= 4 is 0 Å². The summed E-state index contributed by atoms with van der Waals surface area (Å²) >= 11 is 0. The minimum absolute atomic E-state index is 0.425. The molecule has 0 aliphatic carbocycles. The van der Waals surface area contributed by atoms with Crippen LogP contribution < -0.4 is 11.1 Å². The van der Waals surface area contributed by atoms with Gasteiger partial charge in [0.15, 0.2) is 0 Å². The molecule has 1 saturated heterocycles. The first-order valence-corrected chi connectivity index (χ1v) is 3.19. The van der Waals surface area contributed by atoms with Crippen LogP contribution in [0.5, 0.6) is 0 Å². The van der Waals surface area contributed by atoms with E-state index in [0.29, 0.717) is 6.04 Å². The highest BCUT2D eigenvalue weighted by atomic mass is 14.9. The Morgan fingerprint density at radius 3 is 2.33 bits per heavy atom. The fourth-order valence-corrected chi connectivity index (χ4v) is 0.879. The Balaban J connectivity index is 0.000000291. The van der Waals surface area contributed by atoms with Gasteiger partial charge < -0.3 is 11.1 Å². The molecule has 1 heterocycles. The van der Waals surface area contributed by atoms with Crippen molar-refractivity contribution in [1.29, 1.82) is 0 Å². The summed E-state index contributed by atoms with van der Waals surface area (Å²) in [7, 11) is 0. The lowest BCUT2D eigenvalue weighted by Crippen LogP contribution is -2.39. The Morgan fingerprint density at radius 2 is 2.11 bits per heavy atom. The maximum absolute atomic E-state index is 5.57. The van der Waals surface area contributed by atoms with Gasteiger partial charge in [-0.25, -0.2) is 0 Å². The Hall–Kier alpha value is -0.520. The van der Waals surface area contributed by atoms with E-state index in [1.165, 1.54) is 12.8 Å². The zero-order valence-electron chi connectivity index (χ0n) is 5.64. The van der Waals surface area contributed by atoms with E-state index in [1.54, 1.807) is 0 Å². The molecule has 1 aliphatic heterocycles. The Labute approximate surface area is 56.8 Å². The van der Waals surface area contributed by atoms with Gasteiger partial charge in [0.05, 0.1) is 0 Å². The molecule has 0 aromatic carbocycles. The van der Waals surface area contributed by atoms with Crippen molar-refractivity contribution < 1.29 is 0 Å². The first-order chi connectivity index (χ1) is 4.39. The zero-order chi connectivity index (χ0) is 7.11. The second kappa shape index (κ2) is 5.61. The van der Waals surface area contributed by atoms with Crippen LogP contribution in [-0.4, -0.2) is 19.1 Å². The van der Waals surface area contributed by atoms with E-state index in [9.17, 15) is 0 Å². The van der Waals surface area contributed by atoms with Crippen LogP contribution >= 0.6 is 0 Å². The third-order valence-corrected chi connectivity index (χ3v) is 1.33. The van der Waals surface area contributed by atoms with Gasteiger partial charge in [-0.1, -0.05) is 0 Å². The van der Waals surface area contributed by atoms with E-state index in [0.717, 1.165) is 13.1 Å². The topological polar surface area (TPSA) is 38.0 Å². The Bertz CT molecular complexity index is 72.2. The van der Waals surface area contributed by atoms with Crippen molar-refractivity contribution in [2.45, 2.75) is 18.9 Å². The lowest BCUT2D eigenvalue weighted by molar-refractivity contribution is 0.459. The van der Waals surface area contributed by atoms with Gasteiger partial charge in [-0.2, -0.15) is 0 Å². The van der Waals surface area contributed by atoms with Crippen molar-refractivity contribution in [3.63, 3.8) is 0 Å². The van der Waals surface area contributed by atoms with Gasteiger partial charge in [0.25, 0.3) is 0 Å². The molecule has 3 N–H and O–H groups in total. The average Bonchev–Trinajstić information content (AvgIpc) is 1.94. The molecular formula is C7H14N2. The van der Waals surface area contributed by atoms with Crippen LogP contribution in [0.1, 0.15) is 12.8 Å². The monoisotopic (exact) mass is 126 g/mol. The van der Waals surface area contributed by atoms with Crippen molar-refractivity contribution in [2.75, 3.05) is 13.1 Å². The van der Waals surface area contributed by atoms with Crippen LogP contribution in [0, 0.1) is 12.8 Å². The van der Waals surface area contributed by atoms with Crippen LogP contribution in [0.4, 0.5) is 0 Å². The Morgan fingerprint density at radius 1 is 1.44 bits per heavy atom. The van der Waals surface area contributed by atoms with Gasteiger partial charge >= 0.3 is 0 Å². The van der Waals surface area contributed by atoms with Gasteiger partial charge in [0.2, 0.25) is 0 Å². The SMILES string of the molecule is C#C.N[C@@H]1CCCNC1. The second-order valence-corrected chi connectivity index (χ2v) is 2.11. The molecule has 0 aromatic rings. The molecule has 1 rings (SSSR count). The average molecular weight is 126 g/mol. The zero-order valence-corrected chi connectivity index (χ0v) is 5.64. The van der Waals surface area contributed by atoms with Crippen molar-refractivity contribution in [1.82, 2.24) is 5.32 Å². The molecule has 1 aliphatic rings. The molecule has 0 radical (unpaired) electrons. The molecule has 0 saturated carbocycles. The molecule has 0 aromatic heterocycles. The minimum atomic E-state index is 0.425. The maximum Gasteiger partial charge on any atom is 0.0165 e. The molecular weight excluding hydrogens is 112 g/mol. The van der Waals surface area contributed by atoms with E-state index in [2.05, 4.69) is 18.2 Å². The minimum Gasteiger partial charge on any atom is -0.327 e. The lowest BCUT2D eigenvalue weighted by Gasteiger charge is -2.17. The third kappa shape index (κ3) is 4.01. The maximum atomic E-state index is 5.57. The lowest BCUT2D eigenvalue weighted by atomic mass is 10.1. The molecule has 0 bridgehead atoms. The molecule has 52 valence electrons. The number of rotatable bonds is 0. The molecule has 2 nitrogen and oxygen atoms in total. The van der Waals surface area contributed by atoms with E-state index < -0.39 is 0 Å². The van der Waals surface area contributed by atoms with Gasteiger partial charge in [-0.05, 0) is 19.4 Å². The quantitative estimate of drug-likeness (QED) is 0.446. The number of piperidine rings is 1. The van der Waals surface area contributed by atoms with Gasteiger partial charge in [-0.15, -0.1) is 12.8 Å². The molecule has 9 heavy (non-hydrogen) atoms. The van der Waals surface area contributed by atoms with E-state index in [4.69, 9.17) is 5.73 Å².